The van der Waals surface area contributed by atoms with Gasteiger partial charge in [0.05, 0.1) is 12.7 Å². The zero-order valence-electron chi connectivity index (χ0n) is 10.1. The molecule has 0 spiro atoms. The van der Waals surface area contributed by atoms with Crippen molar-refractivity contribution in [1.82, 2.24) is 4.90 Å². The van der Waals surface area contributed by atoms with Gasteiger partial charge in [0.2, 0.25) is 0 Å². The van der Waals surface area contributed by atoms with Gasteiger partial charge in [-0.1, -0.05) is 6.08 Å². The molecule has 0 aromatic carbocycles. The van der Waals surface area contributed by atoms with E-state index in [4.69, 9.17) is 9.84 Å². The van der Waals surface area contributed by atoms with Crippen molar-refractivity contribution in [3.63, 3.8) is 0 Å². The van der Waals surface area contributed by atoms with Crippen LogP contribution < -0.4 is 0 Å². The van der Waals surface area contributed by atoms with Gasteiger partial charge in [-0.2, -0.15) is 0 Å². The van der Waals surface area contributed by atoms with Gasteiger partial charge in [0.25, 0.3) is 0 Å². The minimum absolute atomic E-state index is 0.0894. The summed E-state index contributed by atoms with van der Waals surface area (Å²) in [6.07, 6.45) is 5.01. The molecule has 1 fully saturated rings. The van der Waals surface area contributed by atoms with Gasteiger partial charge in [0.15, 0.2) is 0 Å². The van der Waals surface area contributed by atoms with Crippen LogP contribution in [0.25, 0.3) is 0 Å². The van der Waals surface area contributed by atoms with Crippen LogP contribution in [0.1, 0.15) is 19.8 Å². The highest BCUT2D eigenvalue weighted by Gasteiger charge is 2.27. The summed E-state index contributed by atoms with van der Waals surface area (Å²) in [6, 6.07) is 0. The predicted octanol–water partition coefficient (Wildman–Crippen LogP) is 0.808. The molecule has 16 heavy (non-hydrogen) atoms. The van der Waals surface area contributed by atoms with E-state index in [1.165, 1.54) is 6.08 Å². The van der Waals surface area contributed by atoms with Gasteiger partial charge in [0.1, 0.15) is 0 Å². The van der Waals surface area contributed by atoms with Crippen LogP contribution >= 0.6 is 0 Å². The number of nitrogens with zero attached hydrogens (tertiary/aromatic N) is 1. The summed E-state index contributed by atoms with van der Waals surface area (Å²) in [5, 5.41) is 9.15. The van der Waals surface area contributed by atoms with E-state index < -0.39 is 0 Å². The lowest BCUT2D eigenvalue weighted by Crippen LogP contribution is -2.37. The van der Waals surface area contributed by atoms with E-state index in [2.05, 4.69) is 4.90 Å². The number of esters is 1. The molecular weight excluding hydrogens is 206 g/mol. The highest BCUT2D eigenvalue weighted by Crippen LogP contribution is 2.27. The van der Waals surface area contributed by atoms with Gasteiger partial charge in [-0.25, -0.2) is 4.79 Å². The minimum Gasteiger partial charge on any atom is -0.463 e. The van der Waals surface area contributed by atoms with Gasteiger partial charge >= 0.3 is 5.97 Å². The minimum atomic E-state index is -0.282. The molecule has 0 aromatic heterocycles. The van der Waals surface area contributed by atoms with Gasteiger partial charge < -0.3 is 14.7 Å². The second-order valence-corrected chi connectivity index (χ2v) is 4.37. The fourth-order valence-electron chi connectivity index (χ4n) is 1.88. The number of hydrogen-bond acceptors (Lipinski definition) is 4. The Morgan fingerprint density at radius 1 is 1.56 bits per heavy atom. The first-order valence-electron chi connectivity index (χ1n) is 5.81. The lowest BCUT2D eigenvalue weighted by Gasteiger charge is -2.34. The van der Waals surface area contributed by atoms with Gasteiger partial charge in [-0.3, -0.25) is 0 Å². The molecule has 0 amide bonds. The molecule has 0 unspecified atom stereocenters. The van der Waals surface area contributed by atoms with Crippen molar-refractivity contribution in [2.75, 3.05) is 26.7 Å². The van der Waals surface area contributed by atoms with Gasteiger partial charge in [-0.05, 0) is 32.7 Å². The Kier molecular flexibility index (Phi) is 5.49. The van der Waals surface area contributed by atoms with Crippen LogP contribution in [-0.2, 0) is 9.53 Å². The number of ether oxygens (including phenoxy) is 1. The van der Waals surface area contributed by atoms with Crippen LogP contribution in [0.2, 0.25) is 0 Å². The topological polar surface area (TPSA) is 49.8 Å². The average Bonchev–Trinajstić information content (AvgIpc) is 2.15. The molecule has 0 saturated heterocycles. The van der Waals surface area contributed by atoms with Crippen molar-refractivity contribution < 1.29 is 14.6 Å². The standard InChI is InChI=1S/C12H21NO3/c1-3-16-12(15)5-4-6-13(2)9-10-7-11(14)8-10/h4-5,10-11,14H,3,6-9H2,1-2H3/b5-4+. The molecule has 92 valence electrons. The molecule has 0 atom stereocenters. The van der Waals surface area contributed by atoms with Crippen LogP contribution in [-0.4, -0.2) is 48.8 Å². The number of carbonyl (C=O) groups excluding carboxylic acids is 1. The van der Waals surface area contributed by atoms with E-state index in [0.29, 0.717) is 12.5 Å². The van der Waals surface area contributed by atoms with E-state index in [0.717, 1.165) is 25.9 Å². The fourth-order valence-corrected chi connectivity index (χ4v) is 1.88. The molecule has 4 heteroatoms. The van der Waals surface area contributed by atoms with Gasteiger partial charge in [-0.15, -0.1) is 0 Å². The lowest BCUT2D eigenvalue weighted by molar-refractivity contribution is -0.137. The maximum absolute atomic E-state index is 11.0. The predicted molar refractivity (Wildman–Crippen MR) is 62.0 cm³/mol. The first-order valence-corrected chi connectivity index (χ1v) is 5.81. The van der Waals surface area contributed by atoms with Crippen molar-refractivity contribution in [3.8, 4) is 0 Å². The zero-order chi connectivity index (χ0) is 12.0. The molecule has 1 aliphatic rings. The van der Waals surface area contributed by atoms with Crippen LogP contribution in [0.15, 0.2) is 12.2 Å². The highest BCUT2D eigenvalue weighted by molar-refractivity contribution is 5.81. The quantitative estimate of drug-likeness (QED) is 0.539. The number of aliphatic hydroxyl groups is 1. The molecule has 1 aliphatic carbocycles. The molecule has 0 radical (unpaired) electrons. The summed E-state index contributed by atoms with van der Waals surface area (Å²) in [4.78, 5) is 13.1. The van der Waals surface area contributed by atoms with Crippen LogP contribution in [0.5, 0.6) is 0 Å². The number of hydrogen-bond donors (Lipinski definition) is 1. The second-order valence-electron chi connectivity index (χ2n) is 4.37. The van der Waals surface area contributed by atoms with E-state index >= 15 is 0 Å². The highest BCUT2D eigenvalue weighted by atomic mass is 16.5. The molecular formula is C12H21NO3. The van der Waals surface area contributed by atoms with E-state index in [1.807, 2.05) is 13.1 Å². The SMILES string of the molecule is CCOC(=O)/C=C/CN(C)CC1CC(O)C1. The van der Waals surface area contributed by atoms with Crippen molar-refractivity contribution >= 4 is 5.97 Å². The normalized spacial score (nSPS) is 24.8. The van der Waals surface area contributed by atoms with Crippen LogP contribution in [0.4, 0.5) is 0 Å². The summed E-state index contributed by atoms with van der Waals surface area (Å²) in [5.74, 6) is 0.325. The molecule has 1 rings (SSSR count). The number of aliphatic hydroxyl groups excluding tert-OH is 1. The Morgan fingerprint density at radius 2 is 2.25 bits per heavy atom. The Balaban J connectivity index is 2.09. The average molecular weight is 227 g/mol. The number of carbonyl (C=O) groups is 1. The fraction of sp³-hybridized carbons (Fsp3) is 0.750. The maximum Gasteiger partial charge on any atom is 0.330 e. The third kappa shape index (κ3) is 4.77. The van der Waals surface area contributed by atoms with E-state index in [9.17, 15) is 4.79 Å². The molecule has 0 aromatic rings. The molecule has 1 N–H and O–H groups in total. The lowest BCUT2D eigenvalue weighted by atomic mass is 9.82. The summed E-state index contributed by atoms with van der Waals surface area (Å²) in [6.45, 7) is 3.92. The van der Waals surface area contributed by atoms with Crippen molar-refractivity contribution in [2.45, 2.75) is 25.9 Å². The van der Waals surface area contributed by atoms with E-state index in [1.54, 1.807) is 6.92 Å². The zero-order valence-corrected chi connectivity index (χ0v) is 10.1. The summed E-state index contributed by atoms with van der Waals surface area (Å²) in [5.41, 5.74) is 0. The Labute approximate surface area is 96.9 Å². The second kappa shape index (κ2) is 6.66. The van der Waals surface area contributed by atoms with Crippen LogP contribution in [0, 0.1) is 5.92 Å². The molecule has 0 heterocycles. The summed E-state index contributed by atoms with van der Waals surface area (Å²) < 4.78 is 4.77. The smallest absolute Gasteiger partial charge is 0.330 e. The van der Waals surface area contributed by atoms with Crippen molar-refractivity contribution in [2.24, 2.45) is 5.92 Å². The summed E-state index contributed by atoms with van der Waals surface area (Å²) in [7, 11) is 2.01. The molecule has 1 saturated carbocycles. The third-order valence-electron chi connectivity index (χ3n) is 2.74. The van der Waals surface area contributed by atoms with Gasteiger partial charge in [0, 0.05) is 19.2 Å². The Morgan fingerprint density at radius 3 is 2.81 bits per heavy atom. The number of rotatable bonds is 6. The molecule has 0 bridgehead atoms. The monoisotopic (exact) mass is 227 g/mol. The van der Waals surface area contributed by atoms with E-state index in [-0.39, 0.29) is 12.1 Å². The first-order chi connectivity index (χ1) is 7.61. The first kappa shape index (κ1) is 13.2. The number of likely N-dealkylation sites (N-methyl/N-ethyl adjacent to an activating group) is 1. The van der Waals surface area contributed by atoms with Crippen molar-refractivity contribution in [3.05, 3.63) is 12.2 Å². The van der Waals surface area contributed by atoms with Crippen molar-refractivity contribution in [1.29, 1.82) is 0 Å². The summed E-state index contributed by atoms with van der Waals surface area (Å²) >= 11 is 0. The maximum atomic E-state index is 11.0. The third-order valence-corrected chi connectivity index (χ3v) is 2.74. The molecule has 4 nitrogen and oxygen atoms in total. The Hall–Kier alpha value is -0.870. The van der Waals surface area contributed by atoms with Crippen LogP contribution in [0.3, 0.4) is 0 Å². The largest absolute Gasteiger partial charge is 0.463 e. The Bertz CT molecular complexity index is 247. The molecule has 0 aliphatic heterocycles.